The zero-order chi connectivity index (χ0) is 20.5. The average molecular weight is 384 g/mol. The van der Waals surface area contributed by atoms with E-state index in [2.05, 4.69) is 55.1 Å². The molecular weight excluding hydrogens is 350 g/mol. The van der Waals surface area contributed by atoms with Crippen molar-refractivity contribution in [3.05, 3.63) is 47.3 Å². The normalized spacial score (nSPS) is 15.7. The monoisotopic (exact) mass is 383 g/mol. The molecule has 3 rings (SSSR count). The van der Waals surface area contributed by atoms with Gasteiger partial charge in [-0.15, -0.1) is 0 Å². The number of rotatable bonds is 5. The predicted molar refractivity (Wildman–Crippen MR) is 115 cm³/mol. The van der Waals surface area contributed by atoms with Crippen LogP contribution in [0.4, 0.5) is 5.69 Å². The van der Waals surface area contributed by atoms with Gasteiger partial charge in [-0.25, -0.2) is 0 Å². The van der Waals surface area contributed by atoms with Crippen molar-refractivity contribution in [2.24, 2.45) is 0 Å². The van der Waals surface area contributed by atoms with Gasteiger partial charge in [-0.1, -0.05) is 12.1 Å². The van der Waals surface area contributed by atoms with Gasteiger partial charge in [0.1, 0.15) is 5.75 Å². The molecule has 5 heteroatoms. The highest BCUT2D eigenvalue weighted by molar-refractivity contribution is 5.99. The highest BCUT2D eigenvalue weighted by Crippen LogP contribution is 2.29. The molecule has 0 radical (unpaired) electrons. The van der Waals surface area contributed by atoms with Gasteiger partial charge in [-0.3, -0.25) is 9.69 Å². The number of ketones is 1. The van der Waals surface area contributed by atoms with E-state index in [1.807, 2.05) is 24.3 Å². The van der Waals surface area contributed by atoms with Crippen LogP contribution in [-0.4, -0.2) is 55.1 Å². The van der Waals surface area contributed by atoms with Crippen molar-refractivity contribution in [2.45, 2.75) is 40.2 Å². The Bertz CT molecular complexity index is 840. The summed E-state index contributed by atoms with van der Waals surface area (Å²) in [7, 11) is 1.71. The molecule has 0 aliphatic carbocycles. The minimum atomic E-state index is -0.0208. The number of nitrogens with zero attached hydrogens (tertiary/aromatic N) is 3. The van der Waals surface area contributed by atoms with Gasteiger partial charge in [0.25, 0.3) is 0 Å². The molecule has 28 heavy (non-hydrogen) atoms. The number of Topliss-reactive ketones (excluding diaryl/α,β-unsaturated/α-hetero) is 1. The van der Waals surface area contributed by atoms with Gasteiger partial charge in [-0.05, 0) is 52.8 Å². The summed E-state index contributed by atoms with van der Waals surface area (Å²) in [5, 5.41) is 0. The molecule has 0 saturated carbocycles. The Morgan fingerprint density at radius 3 is 2.29 bits per heavy atom. The molecule has 0 unspecified atom stereocenters. The van der Waals surface area contributed by atoms with E-state index in [1.54, 1.807) is 7.11 Å². The predicted octanol–water partition coefficient (Wildman–Crippen LogP) is 3.87. The van der Waals surface area contributed by atoms with Crippen molar-refractivity contribution in [3.63, 3.8) is 0 Å². The van der Waals surface area contributed by atoms with Crippen LogP contribution in [0.1, 0.15) is 42.5 Å². The zero-order valence-corrected chi connectivity index (χ0v) is 18.1. The summed E-state index contributed by atoms with van der Waals surface area (Å²) in [5.74, 6) is 1.12. The maximum absolute atomic E-state index is 13.0. The molecule has 2 aromatic rings. The van der Waals surface area contributed by atoms with Crippen molar-refractivity contribution in [1.82, 2.24) is 9.47 Å². The number of anilines is 1. The summed E-state index contributed by atoms with van der Waals surface area (Å²) < 4.78 is 7.75. The lowest BCUT2D eigenvalue weighted by atomic mass is 10.1. The van der Waals surface area contributed by atoms with Gasteiger partial charge in [0.05, 0.1) is 19.3 Å². The second kappa shape index (κ2) is 8.00. The molecule has 5 nitrogen and oxygen atoms in total. The quantitative estimate of drug-likeness (QED) is 0.735. The van der Waals surface area contributed by atoms with E-state index in [-0.39, 0.29) is 11.3 Å². The van der Waals surface area contributed by atoms with Crippen molar-refractivity contribution < 1.29 is 9.53 Å². The van der Waals surface area contributed by atoms with E-state index in [9.17, 15) is 4.79 Å². The SMILES string of the molecule is COc1ccccc1N1CCN(CC(=O)c2cc(C)n(C(C)(C)C)c2C)CC1. The van der Waals surface area contributed by atoms with Gasteiger partial charge >= 0.3 is 0 Å². The first-order valence-corrected chi connectivity index (χ1v) is 10.1. The topological polar surface area (TPSA) is 37.7 Å². The molecule has 0 amide bonds. The number of piperazine rings is 1. The average Bonchev–Trinajstić information content (AvgIpc) is 2.96. The van der Waals surface area contributed by atoms with E-state index in [1.165, 1.54) is 0 Å². The number of carbonyl (C=O) groups excluding carboxylic acids is 1. The maximum Gasteiger partial charge on any atom is 0.178 e. The first kappa shape index (κ1) is 20.5. The number of ether oxygens (including phenoxy) is 1. The highest BCUT2D eigenvalue weighted by Gasteiger charge is 2.25. The third-order valence-electron chi connectivity index (χ3n) is 5.57. The number of aromatic nitrogens is 1. The third-order valence-corrected chi connectivity index (χ3v) is 5.57. The molecule has 1 aromatic heterocycles. The Labute approximate surface area is 168 Å². The first-order valence-electron chi connectivity index (χ1n) is 10.1. The Morgan fingerprint density at radius 1 is 1.07 bits per heavy atom. The summed E-state index contributed by atoms with van der Waals surface area (Å²) in [6.07, 6.45) is 0. The summed E-state index contributed by atoms with van der Waals surface area (Å²) >= 11 is 0. The molecule has 0 spiro atoms. The van der Waals surface area contributed by atoms with E-state index < -0.39 is 0 Å². The van der Waals surface area contributed by atoms with Crippen LogP contribution in [-0.2, 0) is 5.54 Å². The fourth-order valence-electron chi connectivity index (χ4n) is 4.40. The largest absolute Gasteiger partial charge is 0.495 e. The summed E-state index contributed by atoms with van der Waals surface area (Å²) in [4.78, 5) is 17.6. The van der Waals surface area contributed by atoms with E-state index >= 15 is 0 Å². The second-order valence-corrected chi connectivity index (χ2v) is 8.65. The molecule has 0 bridgehead atoms. The van der Waals surface area contributed by atoms with E-state index in [0.717, 1.165) is 54.6 Å². The van der Waals surface area contributed by atoms with Crippen LogP contribution in [0, 0.1) is 13.8 Å². The van der Waals surface area contributed by atoms with Gasteiger partial charge in [0, 0.05) is 48.7 Å². The van der Waals surface area contributed by atoms with Crippen molar-refractivity contribution in [3.8, 4) is 5.75 Å². The highest BCUT2D eigenvalue weighted by atomic mass is 16.5. The Balaban J connectivity index is 1.65. The number of para-hydroxylation sites is 2. The summed E-state index contributed by atoms with van der Waals surface area (Å²) in [5.41, 5.74) is 4.19. The fraction of sp³-hybridized carbons (Fsp3) is 0.522. The number of carbonyl (C=O) groups is 1. The standard InChI is InChI=1S/C23H33N3O2/c1-17-15-19(18(2)26(17)23(3,4)5)21(27)16-24-11-13-25(14-12-24)20-9-7-8-10-22(20)28-6/h7-10,15H,11-14,16H2,1-6H3. The Kier molecular flexibility index (Phi) is 5.84. The van der Waals surface area contributed by atoms with E-state index in [4.69, 9.17) is 4.74 Å². The van der Waals surface area contributed by atoms with Gasteiger partial charge < -0.3 is 14.2 Å². The molecule has 2 heterocycles. The van der Waals surface area contributed by atoms with Gasteiger partial charge in [0.15, 0.2) is 5.78 Å². The Hall–Kier alpha value is -2.27. The van der Waals surface area contributed by atoms with Crippen LogP contribution in [0.5, 0.6) is 5.75 Å². The first-order chi connectivity index (χ1) is 13.2. The van der Waals surface area contributed by atoms with Crippen molar-refractivity contribution in [1.29, 1.82) is 0 Å². The molecule has 1 aromatic carbocycles. The fourth-order valence-corrected chi connectivity index (χ4v) is 4.40. The molecule has 1 saturated heterocycles. The smallest absolute Gasteiger partial charge is 0.178 e. The molecule has 0 N–H and O–H groups in total. The lowest BCUT2D eigenvalue weighted by Gasteiger charge is -2.36. The van der Waals surface area contributed by atoms with Crippen LogP contribution in [0.15, 0.2) is 30.3 Å². The third kappa shape index (κ3) is 4.09. The molecule has 0 atom stereocenters. The van der Waals surface area contributed by atoms with E-state index in [0.29, 0.717) is 6.54 Å². The van der Waals surface area contributed by atoms with Crippen LogP contribution in [0.25, 0.3) is 0 Å². The van der Waals surface area contributed by atoms with Crippen LogP contribution in [0.2, 0.25) is 0 Å². The molecule has 152 valence electrons. The zero-order valence-electron chi connectivity index (χ0n) is 18.1. The van der Waals surface area contributed by atoms with Gasteiger partial charge in [-0.2, -0.15) is 0 Å². The molecular formula is C23H33N3O2. The minimum Gasteiger partial charge on any atom is -0.495 e. The molecule has 1 aliphatic rings. The lowest BCUT2D eigenvalue weighted by molar-refractivity contribution is 0.0925. The van der Waals surface area contributed by atoms with Gasteiger partial charge in [0.2, 0.25) is 0 Å². The number of hydrogen-bond donors (Lipinski definition) is 0. The second-order valence-electron chi connectivity index (χ2n) is 8.65. The number of hydrogen-bond acceptors (Lipinski definition) is 4. The number of aryl methyl sites for hydroxylation is 1. The number of benzene rings is 1. The molecule has 1 fully saturated rings. The summed E-state index contributed by atoms with van der Waals surface area (Å²) in [6.45, 7) is 14.7. The van der Waals surface area contributed by atoms with Crippen LogP contribution < -0.4 is 9.64 Å². The van der Waals surface area contributed by atoms with Crippen LogP contribution in [0.3, 0.4) is 0 Å². The Morgan fingerprint density at radius 2 is 1.71 bits per heavy atom. The molecule has 1 aliphatic heterocycles. The lowest BCUT2D eigenvalue weighted by Crippen LogP contribution is -2.48. The van der Waals surface area contributed by atoms with Crippen LogP contribution >= 0.6 is 0 Å². The van der Waals surface area contributed by atoms with Crippen molar-refractivity contribution >= 4 is 11.5 Å². The maximum atomic E-state index is 13.0. The number of methoxy groups -OCH3 is 1. The summed E-state index contributed by atoms with van der Waals surface area (Å²) in [6, 6.07) is 10.2. The minimum absolute atomic E-state index is 0.0208. The van der Waals surface area contributed by atoms with Crippen molar-refractivity contribution in [2.75, 3.05) is 44.7 Å².